The van der Waals surface area contributed by atoms with Gasteiger partial charge in [0.05, 0.1) is 11.0 Å². The second-order valence-corrected chi connectivity index (χ2v) is 18.2. The minimum absolute atomic E-state index is 0.904. The molecule has 73 heavy (non-hydrogen) atoms. The summed E-state index contributed by atoms with van der Waals surface area (Å²) in [5.74, 6) is 0.904. The van der Waals surface area contributed by atoms with Gasteiger partial charge in [-0.05, 0) is 119 Å². The summed E-state index contributed by atoms with van der Waals surface area (Å²) in [6.45, 7) is 0. The predicted molar refractivity (Wildman–Crippen MR) is 306 cm³/mol. The number of fused-ring (bicyclic) bond motifs is 1. The van der Waals surface area contributed by atoms with E-state index >= 15 is 0 Å². The van der Waals surface area contributed by atoms with Gasteiger partial charge >= 0.3 is 0 Å². The van der Waals surface area contributed by atoms with Gasteiger partial charge in [-0.1, -0.05) is 273 Å². The van der Waals surface area contributed by atoms with Crippen LogP contribution in [0, 0.1) is 0 Å². The molecule has 1 aromatic heterocycles. The molecule has 0 unspecified atom stereocenters. The van der Waals surface area contributed by atoms with Crippen molar-refractivity contribution in [2.45, 2.75) is 0 Å². The zero-order chi connectivity index (χ0) is 48.8. The highest BCUT2D eigenvalue weighted by molar-refractivity contribution is 6.07. The Hall–Kier alpha value is -9.63. The highest BCUT2D eigenvalue weighted by Gasteiger charge is 2.21. The fourth-order valence-corrected chi connectivity index (χ4v) is 10.3. The Kier molecular flexibility index (Phi) is 12.4. The summed E-state index contributed by atoms with van der Waals surface area (Å²) in [7, 11) is 0. The summed E-state index contributed by atoms with van der Waals surface area (Å²) >= 11 is 0. The molecule has 0 aliphatic rings. The zero-order valence-corrected chi connectivity index (χ0v) is 40.3. The quantitative estimate of drug-likeness (QED) is 0.112. The smallest absolute Gasteiger partial charge is 0.145 e. The van der Waals surface area contributed by atoms with Crippen molar-refractivity contribution < 1.29 is 0 Å². The second-order valence-electron chi connectivity index (χ2n) is 18.2. The monoisotopic (exact) mass is 930 g/mol. The van der Waals surface area contributed by atoms with Crippen LogP contribution < -0.4 is 0 Å². The van der Waals surface area contributed by atoms with E-state index in [2.05, 4.69) is 308 Å². The Balaban J connectivity index is 1.06. The Labute approximate surface area is 427 Å². The van der Waals surface area contributed by atoms with Crippen LogP contribution in [0.25, 0.3) is 72.7 Å². The maximum atomic E-state index is 5.22. The first-order chi connectivity index (χ1) is 36.2. The molecular formula is C71H50N2. The molecule has 0 radical (unpaired) electrons. The molecule has 2 heteroatoms. The van der Waals surface area contributed by atoms with E-state index < -0.39 is 0 Å². The van der Waals surface area contributed by atoms with Gasteiger partial charge in [0.2, 0.25) is 0 Å². The van der Waals surface area contributed by atoms with Crippen molar-refractivity contribution in [2.75, 3.05) is 0 Å². The maximum absolute atomic E-state index is 5.22. The highest BCUT2D eigenvalue weighted by atomic mass is 15.1. The molecule has 12 rings (SSSR count). The van der Waals surface area contributed by atoms with Crippen LogP contribution in [-0.4, -0.2) is 9.55 Å². The molecule has 12 aromatic rings. The van der Waals surface area contributed by atoms with E-state index in [1.807, 2.05) is 0 Å². The minimum Gasteiger partial charge on any atom is -0.292 e. The second kappa shape index (κ2) is 20.4. The summed E-state index contributed by atoms with van der Waals surface area (Å²) in [6, 6.07) is 109. The lowest BCUT2D eigenvalue weighted by Gasteiger charge is -2.21. The van der Waals surface area contributed by atoms with Crippen LogP contribution in [0.4, 0.5) is 0 Å². The van der Waals surface area contributed by atoms with Gasteiger partial charge in [-0.3, -0.25) is 4.57 Å². The van der Waals surface area contributed by atoms with Crippen molar-refractivity contribution in [1.82, 2.24) is 9.55 Å². The molecule has 1 heterocycles. The third kappa shape index (κ3) is 9.06. The van der Waals surface area contributed by atoms with Gasteiger partial charge in [0.1, 0.15) is 5.82 Å². The SMILES string of the molecule is c1ccc(C(=C(c2ccccc2)c2ccc(-c3ccc(C(=C(c4ccccc4)c4ccccc4)c4ccccc4)cc3-c3ccc(-c4nc5ccccc5n4-c4ccccc4)cc3)cc2)c2ccccc2)cc1. The van der Waals surface area contributed by atoms with Gasteiger partial charge < -0.3 is 0 Å². The fraction of sp³-hybridized carbons (Fsp3) is 0. The fourth-order valence-electron chi connectivity index (χ4n) is 10.3. The molecular weight excluding hydrogens is 881 g/mol. The molecule has 0 saturated carbocycles. The predicted octanol–water partition coefficient (Wildman–Crippen LogP) is 18.0. The Morgan fingerprint density at radius 1 is 0.247 bits per heavy atom. The molecule has 0 N–H and O–H groups in total. The van der Waals surface area contributed by atoms with E-state index in [1.54, 1.807) is 0 Å². The lowest BCUT2D eigenvalue weighted by Crippen LogP contribution is -1.99. The number of hydrogen-bond donors (Lipinski definition) is 0. The van der Waals surface area contributed by atoms with Crippen LogP contribution in [0.5, 0.6) is 0 Å². The molecule has 0 atom stereocenters. The molecule has 2 nitrogen and oxygen atoms in total. The maximum Gasteiger partial charge on any atom is 0.145 e. The molecule has 0 fully saturated rings. The van der Waals surface area contributed by atoms with Gasteiger partial charge in [-0.25, -0.2) is 4.98 Å². The van der Waals surface area contributed by atoms with E-state index in [0.29, 0.717) is 0 Å². The average Bonchev–Trinajstić information content (AvgIpc) is 3.87. The molecule has 11 aromatic carbocycles. The van der Waals surface area contributed by atoms with Crippen LogP contribution in [0.1, 0.15) is 44.5 Å². The first-order valence-corrected chi connectivity index (χ1v) is 25.0. The van der Waals surface area contributed by atoms with Crippen LogP contribution in [0.15, 0.2) is 303 Å². The minimum atomic E-state index is 0.904. The number of aromatic nitrogens is 2. The van der Waals surface area contributed by atoms with Gasteiger partial charge in [-0.15, -0.1) is 0 Å². The molecule has 0 spiro atoms. The Morgan fingerprint density at radius 2 is 0.562 bits per heavy atom. The number of benzene rings is 11. The summed E-state index contributed by atoms with van der Waals surface area (Å²) in [5.41, 5.74) is 22.6. The van der Waals surface area contributed by atoms with Gasteiger partial charge in [0.15, 0.2) is 0 Å². The van der Waals surface area contributed by atoms with Crippen LogP contribution in [0.2, 0.25) is 0 Å². The number of para-hydroxylation sites is 3. The van der Waals surface area contributed by atoms with Crippen molar-refractivity contribution in [1.29, 1.82) is 0 Å². The molecule has 344 valence electrons. The topological polar surface area (TPSA) is 17.8 Å². The van der Waals surface area contributed by atoms with Crippen LogP contribution >= 0.6 is 0 Å². The lowest BCUT2D eigenvalue weighted by molar-refractivity contribution is 1.10. The molecule has 0 aliphatic carbocycles. The molecule has 0 bridgehead atoms. The first-order valence-electron chi connectivity index (χ1n) is 25.0. The van der Waals surface area contributed by atoms with E-state index in [1.165, 1.54) is 33.4 Å². The highest BCUT2D eigenvalue weighted by Crippen LogP contribution is 2.43. The third-order valence-corrected chi connectivity index (χ3v) is 13.7. The normalized spacial score (nSPS) is 11.0. The number of imidazole rings is 1. The molecule has 0 aliphatic heterocycles. The number of rotatable bonds is 12. The van der Waals surface area contributed by atoms with Gasteiger partial charge in [0, 0.05) is 11.3 Å². The summed E-state index contributed by atoms with van der Waals surface area (Å²) < 4.78 is 2.27. The lowest BCUT2D eigenvalue weighted by atomic mass is 9.83. The Bertz CT molecular complexity index is 3780. The van der Waals surface area contributed by atoms with Crippen molar-refractivity contribution in [3.8, 4) is 39.3 Å². The summed E-state index contributed by atoms with van der Waals surface area (Å²) in [6.07, 6.45) is 0. The molecule has 0 saturated heterocycles. The van der Waals surface area contributed by atoms with Crippen molar-refractivity contribution in [3.63, 3.8) is 0 Å². The summed E-state index contributed by atoms with van der Waals surface area (Å²) in [5, 5.41) is 0. The van der Waals surface area contributed by atoms with Gasteiger partial charge in [0.25, 0.3) is 0 Å². The standard InChI is InChI=1S/C71H50N2/c1-8-24-53(25-9-1)67(54-26-10-2-11-27-54)69(57-32-16-5-17-33-57)59-44-40-51(41-45-59)63-49-48-61(70(58-34-18-6-19-35-58)68(55-28-12-3-13-29-55)56-30-14-4-15-31-56)50-64(63)52-42-46-60(47-43-52)71-72-65-38-22-23-39-66(65)73(71)62-36-20-7-21-37-62/h1-50H. The van der Waals surface area contributed by atoms with E-state index in [4.69, 9.17) is 4.98 Å². The zero-order valence-electron chi connectivity index (χ0n) is 40.3. The summed E-state index contributed by atoms with van der Waals surface area (Å²) in [4.78, 5) is 5.22. The van der Waals surface area contributed by atoms with Crippen molar-refractivity contribution in [3.05, 3.63) is 348 Å². The largest absolute Gasteiger partial charge is 0.292 e. The first kappa shape index (κ1) is 44.6. The third-order valence-electron chi connectivity index (χ3n) is 13.7. The van der Waals surface area contributed by atoms with E-state index in [-0.39, 0.29) is 0 Å². The van der Waals surface area contributed by atoms with Crippen LogP contribution in [-0.2, 0) is 0 Å². The molecule has 0 amide bonds. The number of hydrogen-bond acceptors (Lipinski definition) is 1. The van der Waals surface area contributed by atoms with Crippen molar-refractivity contribution in [2.24, 2.45) is 0 Å². The van der Waals surface area contributed by atoms with Crippen LogP contribution in [0.3, 0.4) is 0 Å². The van der Waals surface area contributed by atoms with Gasteiger partial charge in [-0.2, -0.15) is 0 Å². The number of nitrogens with zero attached hydrogens (tertiary/aromatic N) is 2. The Morgan fingerprint density at radius 3 is 1.00 bits per heavy atom. The van der Waals surface area contributed by atoms with E-state index in [0.717, 1.165) is 83.7 Å². The average molecular weight is 931 g/mol. The van der Waals surface area contributed by atoms with E-state index in [9.17, 15) is 0 Å². The van der Waals surface area contributed by atoms with Crippen molar-refractivity contribution >= 4 is 33.3 Å².